The maximum absolute atomic E-state index is 11.0. The van der Waals surface area contributed by atoms with Gasteiger partial charge in [-0.05, 0) is 25.3 Å². The smallest absolute Gasteiger partial charge is 0.334 e. The Morgan fingerprint density at radius 2 is 2.45 bits per heavy atom. The predicted molar refractivity (Wildman–Crippen MR) is 43.1 cm³/mol. The average Bonchev–Trinajstić information content (AvgIpc) is 1.79. The van der Waals surface area contributed by atoms with Crippen molar-refractivity contribution in [3.63, 3.8) is 0 Å². The molecule has 2 nitrogen and oxygen atoms in total. The molecular formula is C9H12O2. The van der Waals surface area contributed by atoms with Gasteiger partial charge in [0.1, 0.15) is 6.61 Å². The number of hydrogen-bond donors (Lipinski definition) is 0. The topological polar surface area (TPSA) is 26.3 Å². The highest BCUT2D eigenvalue weighted by molar-refractivity contribution is 5.89. The summed E-state index contributed by atoms with van der Waals surface area (Å²) in [6.45, 7) is 5.81. The zero-order chi connectivity index (χ0) is 8.27. The van der Waals surface area contributed by atoms with Crippen LogP contribution in [0.25, 0.3) is 0 Å². The molecule has 0 unspecified atom stereocenters. The number of esters is 1. The zero-order valence-corrected chi connectivity index (χ0v) is 6.72. The van der Waals surface area contributed by atoms with E-state index < -0.39 is 0 Å². The Labute approximate surface area is 66.5 Å². The molecule has 0 bridgehead atoms. The highest BCUT2D eigenvalue weighted by atomic mass is 16.5. The van der Waals surface area contributed by atoms with Crippen molar-refractivity contribution in [1.29, 1.82) is 0 Å². The third-order valence-corrected chi connectivity index (χ3v) is 1.52. The standard InChI is InChI=1S/C9H12O2/c1-7(2)6-11-9(10)8-4-3-5-8/h4H,1,3,5-6H2,2H3. The van der Waals surface area contributed by atoms with E-state index in [-0.39, 0.29) is 5.97 Å². The van der Waals surface area contributed by atoms with Gasteiger partial charge in [0.25, 0.3) is 0 Å². The van der Waals surface area contributed by atoms with E-state index in [0.29, 0.717) is 6.61 Å². The van der Waals surface area contributed by atoms with Gasteiger partial charge in [-0.15, -0.1) is 0 Å². The Morgan fingerprint density at radius 1 is 1.82 bits per heavy atom. The second-order valence-electron chi connectivity index (χ2n) is 2.80. The Kier molecular flexibility index (Phi) is 2.47. The van der Waals surface area contributed by atoms with Crippen molar-refractivity contribution < 1.29 is 9.53 Å². The van der Waals surface area contributed by atoms with Crippen molar-refractivity contribution >= 4 is 5.97 Å². The van der Waals surface area contributed by atoms with Gasteiger partial charge < -0.3 is 4.74 Å². The SMILES string of the molecule is C=C(C)COC(=O)C1=CCC1. The van der Waals surface area contributed by atoms with Gasteiger partial charge in [0, 0.05) is 5.57 Å². The van der Waals surface area contributed by atoms with Crippen LogP contribution in [0.3, 0.4) is 0 Å². The van der Waals surface area contributed by atoms with E-state index in [4.69, 9.17) is 4.74 Å². The minimum atomic E-state index is -0.181. The van der Waals surface area contributed by atoms with Crippen molar-refractivity contribution in [3.8, 4) is 0 Å². The lowest BCUT2D eigenvalue weighted by atomic mass is 10.00. The van der Waals surface area contributed by atoms with E-state index in [1.807, 2.05) is 13.0 Å². The van der Waals surface area contributed by atoms with Gasteiger partial charge in [0.05, 0.1) is 0 Å². The van der Waals surface area contributed by atoms with E-state index in [0.717, 1.165) is 24.0 Å². The molecule has 60 valence electrons. The molecule has 0 radical (unpaired) electrons. The molecule has 0 spiro atoms. The molecule has 0 fully saturated rings. The average molecular weight is 152 g/mol. The highest BCUT2D eigenvalue weighted by Crippen LogP contribution is 2.18. The third kappa shape index (κ3) is 2.22. The van der Waals surface area contributed by atoms with Gasteiger partial charge in [-0.1, -0.05) is 12.7 Å². The van der Waals surface area contributed by atoms with E-state index >= 15 is 0 Å². The van der Waals surface area contributed by atoms with Gasteiger partial charge in [-0.2, -0.15) is 0 Å². The van der Waals surface area contributed by atoms with Crippen LogP contribution < -0.4 is 0 Å². The maximum atomic E-state index is 11.0. The van der Waals surface area contributed by atoms with Crippen LogP contribution in [0, 0.1) is 0 Å². The first-order valence-corrected chi connectivity index (χ1v) is 3.70. The molecule has 1 aliphatic rings. The Bertz CT molecular complexity index is 214. The second kappa shape index (κ2) is 3.37. The first-order valence-electron chi connectivity index (χ1n) is 3.70. The van der Waals surface area contributed by atoms with Gasteiger partial charge >= 0.3 is 5.97 Å². The predicted octanol–water partition coefficient (Wildman–Crippen LogP) is 1.83. The summed E-state index contributed by atoms with van der Waals surface area (Å²) in [5.74, 6) is -0.181. The van der Waals surface area contributed by atoms with Gasteiger partial charge in [-0.25, -0.2) is 4.79 Å². The number of carbonyl (C=O) groups is 1. The highest BCUT2D eigenvalue weighted by Gasteiger charge is 2.15. The summed E-state index contributed by atoms with van der Waals surface area (Å²) in [5.41, 5.74) is 1.68. The summed E-state index contributed by atoms with van der Waals surface area (Å²) in [6, 6.07) is 0. The van der Waals surface area contributed by atoms with E-state index in [1.165, 1.54) is 0 Å². The third-order valence-electron chi connectivity index (χ3n) is 1.52. The monoisotopic (exact) mass is 152 g/mol. The lowest BCUT2D eigenvalue weighted by Crippen LogP contribution is -2.13. The van der Waals surface area contributed by atoms with Crippen LogP contribution in [0.2, 0.25) is 0 Å². The van der Waals surface area contributed by atoms with E-state index in [9.17, 15) is 4.79 Å². The van der Waals surface area contributed by atoms with Crippen LogP contribution in [-0.2, 0) is 9.53 Å². The van der Waals surface area contributed by atoms with Crippen molar-refractivity contribution in [2.75, 3.05) is 6.61 Å². The maximum Gasteiger partial charge on any atom is 0.334 e. The molecule has 0 aromatic heterocycles. The van der Waals surface area contributed by atoms with Gasteiger partial charge in [0.15, 0.2) is 0 Å². The fourth-order valence-corrected chi connectivity index (χ4v) is 0.756. The van der Waals surface area contributed by atoms with Gasteiger partial charge in [0.2, 0.25) is 0 Å². The van der Waals surface area contributed by atoms with Crippen LogP contribution in [0.5, 0.6) is 0 Å². The zero-order valence-electron chi connectivity index (χ0n) is 6.72. The number of carbonyl (C=O) groups excluding carboxylic acids is 1. The second-order valence-corrected chi connectivity index (χ2v) is 2.80. The van der Waals surface area contributed by atoms with E-state index in [2.05, 4.69) is 6.58 Å². The summed E-state index contributed by atoms with van der Waals surface area (Å²) in [5, 5.41) is 0. The largest absolute Gasteiger partial charge is 0.458 e. The molecule has 0 saturated carbocycles. The van der Waals surface area contributed by atoms with Crippen molar-refractivity contribution in [2.24, 2.45) is 0 Å². The van der Waals surface area contributed by atoms with E-state index in [1.54, 1.807) is 0 Å². The molecule has 2 heteroatoms. The summed E-state index contributed by atoms with van der Waals surface area (Å²) in [7, 11) is 0. The summed E-state index contributed by atoms with van der Waals surface area (Å²) in [4.78, 5) is 11.0. The number of rotatable bonds is 3. The Morgan fingerprint density at radius 3 is 2.82 bits per heavy atom. The fraction of sp³-hybridized carbons (Fsp3) is 0.444. The van der Waals surface area contributed by atoms with Crippen LogP contribution in [0.1, 0.15) is 19.8 Å². The van der Waals surface area contributed by atoms with Crippen LogP contribution in [0.4, 0.5) is 0 Å². The van der Waals surface area contributed by atoms with Crippen molar-refractivity contribution in [1.82, 2.24) is 0 Å². The fourth-order valence-electron chi connectivity index (χ4n) is 0.756. The Hall–Kier alpha value is -1.05. The number of allylic oxidation sites excluding steroid dienone is 1. The van der Waals surface area contributed by atoms with Gasteiger partial charge in [-0.3, -0.25) is 0 Å². The normalized spacial score (nSPS) is 14.8. The molecule has 0 aromatic carbocycles. The molecule has 0 aromatic rings. The molecule has 11 heavy (non-hydrogen) atoms. The minimum absolute atomic E-state index is 0.181. The lowest BCUT2D eigenvalue weighted by Gasteiger charge is -2.12. The molecule has 1 aliphatic carbocycles. The summed E-state index contributed by atoms with van der Waals surface area (Å²) < 4.78 is 4.90. The molecule has 0 N–H and O–H groups in total. The number of hydrogen-bond acceptors (Lipinski definition) is 2. The molecule has 0 amide bonds. The molecular weight excluding hydrogens is 140 g/mol. The minimum Gasteiger partial charge on any atom is -0.458 e. The lowest BCUT2D eigenvalue weighted by molar-refractivity contribution is -0.138. The number of ether oxygens (including phenoxy) is 1. The van der Waals surface area contributed by atoms with Crippen LogP contribution in [-0.4, -0.2) is 12.6 Å². The van der Waals surface area contributed by atoms with Crippen molar-refractivity contribution in [3.05, 3.63) is 23.8 Å². The molecule has 0 saturated heterocycles. The van der Waals surface area contributed by atoms with Crippen LogP contribution in [0.15, 0.2) is 23.8 Å². The van der Waals surface area contributed by atoms with Crippen LogP contribution >= 0.6 is 0 Å². The molecule has 0 heterocycles. The molecule has 0 atom stereocenters. The van der Waals surface area contributed by atoms with Crippen molar-refractivity contribution in [2.45, 2.75) is 19.8 Å². The quantitative estimate of drug-likeness (QED) is 0.455. The summed E-state index contributed by atoms with van der Waals surface area (Å²) >= 11 is 0. The Balaban J connectivity index is 2.26. The summed E-state index contributed by atoms with van der Waals surface area (Å²) in [6.07, 6.45) is 3.79. The first kappa shape index (κ1) is 8.05. The molecule has 1 rings (SSSR count). The molecule has 0 aliphatic heterocycles. The first-order chi connectivity index (χ1) is 5.20.